The van der Waals surface area contributed by atoms with Crippen molar-refractivity contribution in [1.29, 1.82) is 0 Å². The maximum Gasteiger partial charge on any atom is 0.573 e. The quantitative estimate of drug-likeness (QED) is 0.676. The van der Waals surface area contributed by atoms with Crippen molar-refractivity contribution in [3.05, 3.63) is 48.7 Å². The van der Waals surface area contributed by atoms with Crippen LogP contribution in [0, 0.1) is 0 Å². The van der Waals surface area contributed by atoms with Crippen molar-refractivity contribution in [1.82, 2.24) is 15.2 Å². The molecule has 0 amide bonds. The Labute approximate surface area is 158 Å². The van der Waals surface area contributed by atoms with Gasteiger partial charge in [0.05, 0.1) is 0 Å². The Kier molecular flexibility index (Phi) is 4.76. The Balaban J connectivity index is 1.40. The average molecular weight is 391 g/mol. The highest BCUT2D eigenvalue weighted by molar-refractivity contribution is 5.55. The molecule has 0 atom stereocenters. The number of hydrogen-bond acceptors (Lipinski definition) is 7. The van der Waals surface area contributed by atoms with Crippen LogP contribution in [0.2, 0.25) is 0 Å². The molecule has 1 aliphatic heterocycles. The van der Waals surface area contributed by atoms with Crippen LogP contribution in [0.1, 0.15) is 0 Å². The Morgan fingerprint density at radius 3 is 2.25 bits per heavy atom. The molecule has 7 nitrogen and oxygen atoms in total. The first-order valence-corrected chi connectivity index (χ1v) is 8.58. The number of benzene rings is 1. The van der Waals surface area contributed by atoms with Crippen LogP contribution in [-0.4, -0.2) is 47.7 Å². The number of piperazine rings is 1. The van der Waals surface area contributed by atoms with E-state index in [9.17, 15) is 13.2 Å². The molecule has 0 N–H and O–H groups in total. The lowest BCUT2D eigenvalue weighted by Crippen LogP contribution is -2.47. The van der Waals surface area contributed by atoms with Crippen molar-refractivity contribution < 1.29 is 22.3 Å². The highest BCUT2D eigenvalue weighted by atomic mass is 19.4. The summed E-state index contributed by atoms with van der Waals surface area (Å²) in [6.07, 6.45) is -2.96. The molecule has 2 aromatic heterocycles. The van der Waals surface area contributed by atoms with Gasteiger partial charge in [-0.2, -0.15) is 0 Å². The summed E-state index contributed by atoms with van der Waals surface area (Å²) in [7, 11) is 0. The molecule has 1 saturated heterocycles. The predicted molar refractivity (Wildman–Crippen MR) is 95.1 cm³/mol. The van der Waals surface area contributed by atoms with E-state index in [1.807, 2.05) is 23.1 Å². The summed E-state index contributed by atoms with van der Waals surface area (Å²) in [5, 5.41) is 8.06. The third-order valence-corrected chi connectivity index (χ3v) is 4.27. The fraction of sp³-hybridized carbons (Fsp3) is 0.278. The van der Waals surface area contributed by atoms with Gasteiger partial charge in [-0.1, -0.05) is 11.2 Å². The number of halogens is 3. The van der Waals surface area contributed by atoms with Crippen LogP contribution >= 0.6 is 0 Å². The second kappa shape index (κ2) is 7.37. The van der Waals surface area contributed by atoms with Gasteiger partial charge in [0.2, 0.25) is 5.89 Å². The Bertz CT molecular complexity index is 907. The van der Waals surface area contributed by atoms with E-state index in [0.29, 0.717) is 24.7 Å². The maximum absolute atomic E-state index is 12.2. The third-order valence-electron chi connectivity index (χ3n) is 4.27. The average Bonchev–Trinajstić information content (AvgIpc) is 3.18. The van der Waals surface area contributed by atoms with Gasteiger partial charge < -0.3 is 19.0 Å². The number of rotatable bonds is 4. The molecule has 28 heavy (non-hydrogen) atoms. The third kappa shape index (κ3) is 4.16. The van der Waals surface area contributed by atoms with Crippen molar-refractivity contribution >= 4 is 11.8 Å². The molecular weight excluding hydrogens is 375 g/mol. The first-order chi connectivity index (χ1) is 13.5. The second-order valence-corrected chi connectivity index (χ2v) is 6.12. The van der Waals surface area contributed by atoms with E-state index < -0.39 is 6.36 Å². The van der Waals surface area contributed by atoms with Gasteiger partial charge in [0.15, 0.2) is 0 Å². The van der Waals surface area contributed by atoms with Crippen molar-refractivity contribution in [2.24, 2.45) is 0 Å². The first kappa shape index (κ1) is 18.1. The van der Waals surface area contributed by atoms with Crippen LogP contribution in [0.3, 0.4) is 0 Å². The molecule has 1 aliphatic rings. The molecule has 0 radical (unpaired) electrons. The summed E-state index contributed by atoms with van der Waals surface area (Å²) in [6.45, 7) is 2.91. The summed E-state index contributed by atoms with van der Waals surface area (Å²) < 4.78 is 46.3. The molecule has 10 heteroatoms. The summed E-state index contributed by atoms with van der Waals surface area (Å²) in [6, 6.07) is 11.5. The molecule has 3 heterocycles. The number of alkyl halides is 3. The van der Waals surface area contributed by atoms with Crippen LogP contribution in [-0.2, 0) is 0 Å². The SMILES string of the molecule is FC(F)(F)Oc1ccc(-c2nnc(N3CCN(c4ccccn4)CC3)o2)cc1. The number of pyridine rings is 1. The zero-order valence-electron chi connectivity index (χ0n) is 14.6. The second-order valence-electron chi connectivity index (χ2n) is 6.12. The molecule has 0 saturated carbocycles. The van der Waals surface area contributed by atoms with Gasteiger partial charge in [0.1, 0.15) is 11.6 Å². The van der Waals surface area contributed by atoms with Crippen LogP contribution in [0.15, 0.2) is 53.1 Å². The Morgan fingerprint density at radius 2 is 1.61 bits per heavy atom. The number of aromatic nitrogens is 3. The molecule has 0 spiro atoms. The van der Waals surface area contributed by atoms with Crippen LogP contribution in [0.5, 0.6) is 5.75 Å². The summed E-state index contributed by atoms with van der Waals surface area (Å²) >= 11 is 0. The van der Waals surface area contributed by atoms with E-state index >= 15 is 0 Å². The van der Waals surface area contributed by atoms with E-state index in [-0.39, 0.29) is 11.6 Å². The minimum Gasteiger partial charge on any atom is -0.406 e. The van der Waals surface area contributed by atoms with Gasteiger partial charge in [-0.25, -0.2) is 4.98 Å². The van der Waals surface area contributed by atoms with Crippen molar-refractivity contribution in [3.8, 4) is 17.2 Å². The molecule has 146 valence electrons. The minimum atomic E-state index is -4.73. The molecule has 3 aromatic rings. The van der Waals surface area contributed by atoms with Gasteiger partial charge in [-0.3, -0.25) is 0 Å². The number of hydrogen-bond donors (Lipinski definition) is 0. The molecule has 1 fully saturated rings. The molecular formula is C18H16F3N5O2. The summed E-state index contributed by atoms with van der Waals surface area (Å²) in [5.74, 6) is 0.858. The number of ether oxygens (including phenoxy) is 1. The van der Waals surface area contributed by atoms with E-state index in [4.69, 9.17) is 4.42 Å². The van der Waals surface area contributed by atoms with Gasteiger partial charge >= 0.3 is 12.4 Å². The van der Waals surface area contributed by atoms with Gasteiger partial charge in [0, 0.05) is 37.9 Å². The van der Waals surface area contributed by atoms with E-state index in [1.165, 1.54) is 24.3 Å². The summed E-state index contributed by atoms with van der Waals surface area (Å²) in [4.78, 5) is 8.49. The lowest BCUT2D eigenvalue weighted by atomic mass is 10.2. The smallest absolute Gasteiger partial charge is 0.406 e. The topological polar surface area (TPSA) is 67.5 Å². The van der Waals surface area contributed by atoms with Crippen molar-refractivity contribution in [2.45, 2.75) is 6.36 Å². The van der Waals surface area contributed by atoms with E-state index in [0.717, 1.165) is 18.9 Å². The minimum absolute atomic E-state index is 0.237. The van der Waals surface area contributed by atoms with Gasteiger partial charge in [-0.05, 0) is 36.4 Å². The first-order valence-electron chi connectivity index (χ1n) is 8.58. The molecule has 0 unspecified atom stereocenters. The highest BCUT2D eigenvalue weighted by Gasteiger charge is 2.31. The monoisotopic (exact) mass is 391 g/mol. The number of nitrogens with zero attached hydrogens (tertiary/aromatic N) is 5. The molecule has 0 bridgehead atoms. The molecule has 4 rings (SSSR count). The zero-order valence-corrected chi connectivity index (χ0v) is 14.6. The lowest BCUT2D eigenvalue weighted by molar-refractivity contribution is -0.274. The van der Waals surface area contributed by atoms with Gasteiger partial charge in [0.25, 0.3) is 0 Å². The normalized spacial score (nSPS) is 15.0. The van der Waals surface area contributed by atoms with E-state index in [2.05, 4.69) is 24.8 Å². The Hall–Kier alpha value is -3.30. The lowest BCUT2D eigenvalue weighted by Gasteiger charge is -2.34. The van der Waals surface area contributed by atoms with Gasteiger partial charge in [-0.15, -0.1) is 18.3 Å². The predicted octanol–water partition coefficient (Wildman–Crippen LogP) is 3.36. The largest absolute Gasteiger partial charge is 0.573 e. The van der Waals surface area contributed by atoms with E-state index in [1.54, 1.807) is 6.20 Å². The molecule has 1 aromatic carbocycles. The zero-order chi connectivity index (χ0) is 19.6. The Morgan fingerprint density at radius 1 is 0.893 bits per heavy atom. The highest BCUT2D eigenvalue weighted by Crippen LogP contribution is 2.27. The van der Waals surface area contributed by atoms with Crippen LogP contribution in [0.25, 0.3) is 11.5 Å². The standard InChI is InChI=1S/C18H16F3N5O2/c19-18(20,21)28-14-6-4-13(5-7-14)16-23-24-17(27-16)26-11-9-25(10-12-26)15-3-1-2-8-22-15/h1-8H,9-12H2. The van der Waals surface area contributed by atoms with Crippen LogP contribution in [0.4, 0.5) is 25.0 Å². The number of anilines is 2. The molecule has 0 aliphatic carbocycles. The summed E-state index contributed by atoms with van der Waals surface area (Å²) in [5.41, 5.74) is 0.514. The fourth-order valence-electron chi connectivity index (χ4n) is 2.93. The fourth-order valence-corrected chi connectivity index (χ4v) is 2.93. The van der Waals surface area contributed by atoms with Crippen molar-refractivity contribution in [3.63, 3.8) is 0 Å². The van der Waals surface area contributed by atoms with Crippen molar-refractivity contribution in [2.75, 3.05) is 36.0 Å². The van der Waals surface area contributed by atoms with Crippen LogP contribution < -0.4 is 14.5 Å². The maximum atomic E-state index is 12.2.